The molecule has 1 amide bonds. The predicted molar refractivity (Wildman–Crippen MR) is 113 cm³/mol. The molecule has 0 atom stereocenters. The van der Waals surface area contributed by atoms with Crippen LogP contribution in [-0.2, 0) is 26.0 Å². The van der Waals surface area contributed by atoms with E-state index in [1.807, 2.05) is 25.1 Å². The second-order valence-electron chi connectivity index (χ2n) is 6.91. The van der Waals surface area contributed by atoms with E-state index in [1.54, 1.807) is 13.2 Å². The van der Waals surface area contributed by atoms with Crippen LogP contribution in [0.4, 0.5) is 5.69 Å². The van der Waals surface area contributed by atoms with Crippen LogP contribution in [0.25, 0.3) is 0 Å². The maximum atomic E-state index is 12.9. The number of hydrogen-bond acceptors (Lipinski definition) is 6. The number of rotatable bonds is 7. The van der Waals surface area contributed by atoms with Gasteiger partial charge in [-0.2, -0.15) is 4.31 Å². The molecule has 1 aliphatic heterocycles. The molecule has 0 saturated carbocycles. The number of nitrogens with one attached hydrogen (secondary N) is 1. The molecule has 0 unspecified atom stereocenters. The summed E-state index contributed by atoms with van der Waals surface area (Å²) in [6.45, 7) is 3.23. The third-order valence-corrected chi connectivity index (χ3v) is 6.77. The third kappa shape index (κ3) is 4.92. The topological polar surface area (TPSA) is 94.2 Å². The number of ether oxygens (including phenoxy) is 3. The van der Waals surface area contributed by atoms with Crippen molar-refractivity contribution in [3.8, 4) is 11.5 Å². The van der Waals surface area contributed by atoms with Gasteiger partial charge in [0.25, 0.3) is 0 Å². The molecule has 2 aromatic rings. The minimum atomic E-state index is -3.68. The van der Waals surface area contributed by atoms with Crippen LogP contribution >= 0.6 is 0 Å². The van der Waals surface area contributed by atoms with Gasteiger partial charge in [-0.05, 0) is 42.3 Å². The second-order valence-corrected chi connectivity index (χ2v) is 8.85. The molecular formula is C21H26N2O6S. The number of carbonyl (C=O) groups excluding carboxylic acids is 1. The Morgan fingerprint density at radius 3 is 2.37 bits per heavy atom. The van der Waals surface area contributed by atoms with Gasteiger partial charge in [0.1, 0.15) is 11.5 Å². The van der Waals surface area contributed by atoms with E-state index in [-0.39, 0.29) is 17.2 Å². The van der Waals surface area contributed by atoms with Crippen molar-refractivity contribution in [1.29, 1.82) is 0 Å². The highest BCUT2D eigenvalue weighted by molar-refractivity contribution is 7.89. The zero-order chi connectivity index (χ0) is 21.7. The van der Waals surface area contributed by atoms with Gasteiger partial charge in [0.05, 0.1) is 44.4 Å². The van der Waals surface area contributed by atoms with E-state index in [4.69, 9.17) is 14.2 Å². The Hall–Kier alpha value is -2.62. The van der Waals surface area contributed by atoms with Gasteiger partial charge in [0.2, 0.25) is 15.9 Å². The Kier molecular flexibility index (Phi) is 6.96. The van der Waals surface area contributed by atoms with Gasteiger partial charge >= 0.3 is 0 Å². The fraction of sp³-hybridized carbons (Fsp3) is 0.381. The largest absolute Gasteiger partial charge is 0.496 e. The fourth-order valence-corrected chi connectivity index (χ4v) is 4.75. The molecule has 1 heterocycles. The highest BCUT2D eigenvalue weighted by Gasteiger charge is 2.27. The van der Waals surface area contributed by atoms with Crippen LogP contribution in [0, 0.1) is 6.92 Å². The second kappa shape index (κ2) is 9.46. The number of nitrogens with zero attached hydrogens (tertiary/aromatic N) is 1. The SMILES string of the molecule is COc1ccc(CC(=O)Nc2cc(S(=O)(=O)N3CCOCC3)ccc2OC)cc1C. The van der Waals surface area contributed by atoms with Crippen molar-refractivity contribution in [3.05, 3.63) is 47.5 Å². The molecular weight excluding hydrogens is 408 g/mol. The lowest BCUT2D eigenvalue weighted by atomic mass is 10.1. The summed E-state index contributed by atoms with van der Waals surface area (Å²) in [4.78, 5) is 12.7. The molecule has 1 fully saturated rings. The zero-order valence-corrected chi connectivity index (χ0v) is 18.1. The number of anilines is 1. The van der Waals surface area contributed by atoms with Crippen molar-refractivity contribution in [3.63, 3.8) is 0 Å². The van der Waals surface area contributed by atoms with Crippen molar-refractivity contribution in [2.24, 2.45) is 0 Å². The maximum Gasteiger partial charge on any atom is 0.243 e. The molecule has 1 aliphatic rings. The van der Waals surface area contributed by atoms with Gasteiger partial charge in [-0.1, -0.05) is 12.1 Å². The molecule has 2 aromatic carbocycles. The monoisotopic (exact) mass is 434 g/mol. The lowest BCUT2D eigenvalue weighted by Gasteiger charge is -2.26. The highest BCUT2D eigenvalue weighted by atomic mass is 32.2. The first-order valence-electron chi connectivity index (χ1n) is 9.54. The minimum Gasteiger partial charge on any atom is -0.496 e. The molecule has 0 aliphatic carbocycles. The van der Waals surface area contributed by atoms with E-state index in [1.165, 1.54) is 23.5 Å². The Bertz CT molecular complexity index is 1020. The van der Waals surface area contributed by atoms with Crippen LogP contribution in [0.2, 0.25) is 0 Å². The summed E-state index contributed by atoms with van der Waals surface area (Å²) >= 11 is 0. The van der Waals surface area contributed by atoms with Gasteiger partial charge in [0.15, 0.2) is 0 Å². The first-order valence-corrected chi connectivity index (χ1v) is 11.0. The molecule has 0 radical (unpaired) electrons. The lowest BCUT2D eigenvalue weighted by molar-refractivity contribution is -0.115. The zero-order valence-electron chi connectivity index (χ0n) is 17.3. The molecule has 9 heteroatoms. The Morgan fingerprint density at radius 1 is 1.07 bits per heavy atom. The quantitative estimate of drug-likeness (QED) is 0.718. The summed E-state index contributed by atoms with van der Waals surface area (Å²) in [6.07, 6.45) is 0.133. The predicted octanol–water partition coefficient (Wildman–Crippen LogP) is 2.21. The third-order valence-electron chi connectivity index (χ3n) is 4.88. The smallest absolute Gasteiger partial charge is 0.243 e. The number of aryl methyl sites for hydroxylation is 1. The standard InChI is InChI=1S/C21H26N2O6S/c1-15-12-16(4-6-19(15)27-2)13-21(24)22-18-14-17(5-7-20(18)28-3)30(25,26)23-8-10-29-11-9-23/h4-7,12,14H,8-11,13H2,1-3H3,(H,22,24). The molecule has 30 heavy (non-hydrogen) atoms. The maximum absolute atomic E-state index is 12.9. The molecule has 162 valence electrons. The Morgan fingerprint density at radius 2 is 1.73 bits per heavy atom. The van der Waals surface area contributed by atoms with Gasteiger partial charge in [0, 0.05) is 13.1 Å². The minimum absolute atomic E-state index is 0.0980. The van der Waals surface area contributed by atoms with Crippen LogP contribution in [0.3, 0.4) is 0 Å². The summed E-state index contributed by atoms with van der Waals surface area (Å²) < 4.78 is 43.0. The van der Waals surface area contributed by atoms with E-state index in [2.05, 4.69) is 5.32 Å². The first-order chi connectivity index (χ1) is 14.3. The van der Waals surface area contributed by atoms with E-state index < -0.39 is 10.0 Å². The van der Waals surface area contributed by atoms with Crippen LogP contribution in [0.15, 0.2) is 41.3 Å². The van der Waals surface area contributed by atoms with E-state index in [0.717, 1.165) is 16.9 Å². The first kappa shape index (κ1) is 22.1. The van der Waals surface area contributed by atoms with Gasteiger partial charge < -0.3 is 19.5 Å². The molecule has 1 saturated heterocycles. The van der Waals surface area contributed by atoms with E-state index >= 15 is 0 Å². The summed E-state index contributed by atoms with van der Waals surface area (Å²) in [5.74, 6) is 0.857. The number of hydrogen-bond donors (Lipinski definition) is 1. The molecule has 3 rings (SSSR count). The molecule has 0 spiro atoms. The molecule has 1 N–H and O–H groups in total. The van der Waals surface area contributed by atoms with Gasteiger partial charge in [-0.25, -0.2) is 8.42 Å². The normalized spacial score (nSPS) is 14.9. The number of amides is 1. The molecule has 0 bridgehead atoms. The van der Waals surface area contributed by atoms with Crippen LogP contribution < -0.4 is 14.8 Å². The number of morpholine rings is 1. The van der Waals surface area contributed by atoms with Crippen molar-refractivity contribution < 1.29 is 27.4 Å². The fourth-order valence-electron chi connectivity index (χ4n) is 3.31. The van der Waals surface area contributed by atoms with Crippen molar-refractivity contribution in [1.82, 2.24) is 4.31 Å². The molecule has 0 aromatic heterocycles. The average molecular weight is 435 g/mol. The van der Waals surface area contributed by atoms with Gasteiger partial charge in [-0.15, -0.1) is 0 Å². The van der Waals surface area contributed by atoms with Crippen LogP contribution in [-0.4, -0.2) is 59.2 Å². The highest BCUT2D eigenvalue weighted by Crippen LogP contribution is 2.29. The average Bonchev–Trinajstić information content (AvgIpc) is 2.74. The van der Waals surface area contributed by atoms with E-state index in [0.29, 0.717) is 37.7 Å². The molecule has 8 nitrogen and oxygen atoms in total. The number of benzene rings is 2. The van der Waals surface area contributed by atoms with Crippen molar-refractivity contribution in [2.45, 2.75) is 18.2 Å². The summed E-state index contributed by atoms with van der Waals surface area (Å²) in [7, 11) is -0.623. The summed E-state index contributed by atoms with van der Waals surface area (Å²) in [6, 6.07) is 9.97. The van der Waals surface area contributed by atoms with E-state index in [9.17, 15) is 13.2 Å². The van der Waals surface area contributed by atoms with Gasteiger partial charge in [-0.3, -0.25) is 4.79 Å². The Balaban J connectivity index is 1.80. The van der Waals surface area contributed by atoms with Crippen LogP contribution in [0.5, 0.6) is 11.5 Å². The lowest BCUT2D eigenvalue weighted by Crippen LogP contribution is -2.40. The Labute approximate surface area is 176 Å². The van der Waals surface area contributed by atoms with Crippen molar-refractivity contribution >= 4 is 21.6 Å². The number of methoxy groups -OCH3 is 2. The number of carbonyl (C=O) groups is 1. The summed E-state index contributed by atoms with van der Waals surface area (Å²) in [5.41, 5.74) is 2.06. The number of sulfonamides is 1. The summed E-state index contributed by atoms with van der Waals surface area (Å²) in [5, 5.41) is 2.77. The van der Waals surface area contributed by atoms with Crippen LogP contribution in [0.1, 0.15) is 11.1 Å². The van der Waals surface area contributed by atoms with Crippen molar-refractivity contribution in [2.75, 3.05) is 45.8 Å².